The van der Waals surface area contributed by atoms with Crippen LogP contribution < -0.4 is 10.2 Å². The number of anilines is 1. The van der Waals surface area contributed by atoms with E-state index >= 15 is 0 Å². The summed E-state index contributed by atoms with van der Waals surface area (Å²) in [6.45, 7) is 2.25. The highest BCUT2D eigenvalue weighted by atomic mass is 16.1. The molecule has 1 aliphatic rings. The molecule has 3 rings (SSSR count). The first-order valence-corrected chi connectivity index (χ1v) is 8.01. The van der Waals surface area contributed by atoms with E-state index < -0.39 is 0 Å². The maximum Gasteiger partial charge on any atom is 0.225 e. The van der Waals surface area contributed by atoms with Gasteiger partial charge in [-0.25, -0.2) is 9.97 Å². The van der Waals surface area contributed by atoms with Crippen LogP contribution in [0.3, 0.4) is 0 Å². The zero-order chi connectivity index (χ0) is 15.9. The molecule has 6 nitrogen and oxygen atoms in total. The van der Waals surface area contributed by atoms with E-state index in [1.54, 1.807) is 30.9 Å². The fourth-order valence-electron chi connectivity index (χ4n) is 2.85. The standard InChI is InChI=1S/C17H21N5O/c23-16(19-11-6-14-4-9-18-10-5-14)15-3-1-12-22(13-15)17-20-7-2-8-21-17/h2,4-5,7-10,15H,1,3,6,11-13H2,(H,19,23)/t15-/m0/s1. The summed E-state index contributed by atoms with van der Waals surface area (Å²) in [6, 6.07) is 5.75. The summed E-state index contributed by atoms with van der Waals surface area (Å²) in [6.07, 6.45) is 9.76. The van der Waals surface area contributed by atoms with Crippen molar-refractivity contribution in [1.29, 1.82) is 0 Å². The van der Waals surface area contributed by atoms with E-state index in [1.165, 1.54) is 5.56 Å². The molecule has 1 amide bonds. The molecule has 0 aromatic carbocycles. The Kier molecular flexibility index (Phi) is 5.13. The number of piperidine rings is 1. The second kappa shape index (κ2) is 7.67. The number of hydrogen-bond donors (Lipinski definition) is 1. The first kappa shape index (κ1) is 15.4. The van der Waals surface area contributed by atoms with Gasteiger partial charge in [0.15, 0.2) is 0 Å². The SMILES string of the molecule is O=C(NCCc1ccncc1)[C@H]1CCCN(c2ncccn2)C1. The second-order valence-corrected chi connectivity index (χ2v) is 5.73. The van der Waals surface area contributed by atoms with Gasteiger partial charge in [-0.2, -0.15) is 0 Å². The van der Waals surface area contributed by atoms with Crippen molar-refractivity contribution in [2.24, 2.45) is 5.92 Å². The number of pyridine rings is 1. The lowest BCUT2D eigenvalue weighted by atomic mass is 9.97. The van der Waals surface area contributed by atoms with E-state index in [9.17, 15) is 4.79 Å². The normalized spacial score (nSPS) is 17.7. The van der Waals surface area contributed by atoms with Crippen LogP contribution in [0.5, 0.6) is 0 Å². The van der Waals surface area contributed by atoms with Gasteiger partial charge in [-0.1, -0.05) is 0 Å². The number of carbonyl (C=O) groups is 1. The molecule has 1 saturated heterocycles. The largest absolute Gasteiger partial charge is 0.355 e. The number of nitrogens with one attached hydrogen (secondary N) is 1. The second-order valence-electron chi connectivity index (χ2n) is 5.73. The Hall–Kier alpha value is -2.50. The molecule has 0 radical (unpaired) electrons. The van der Waals surface area contributed by atoms with Crippen LogP contribution in [0.4, 0.5) is 5.95 Å². The molecule has 0 saturated carbocycles. The Balaban J connectivity index is 1.49. The van der Waals surface area contributed by atoms with Crippen molar-refractivity contribution < 1.29 is 4.79 Å². The van der Waals surface area contributed by atoms with Gasteiger partial charge in [0.2, 0.25) is 11.9 Å². The van der Waals surface area contributed by atoms with Crippen LogP contribution in [0.15, 0.2) is 43.0 Å². The number of rotatable bonds is 5. The molecule has 1 N–H and O–H groups in total. The van der Waals surface area contributed by atoms with Crippen LogP contribution in [-0.2, 0) is 11.2 Å². The molecule has 0 unspecified atom stereocenters. The average Bonchev–Trinajstić information content (AvgIpc) is 2.63. The number of amides is 1. The molecule has 0 aliphatic carbocycles. The van der Waals surface area contributed by atoms with Crippen LogP contribution in [0, 0.1) is 5.92 Å². The van der Waals surface area contributed by atoms with Crippen molar-refractivity contribution in [3.05, 3.63) is 48.5 Å². The molecule has 1 fully saturated rings. The first-order chi connectivity index (χ1) is 11.3. The lowest BCUT2D eigenvalue weighted by Gasteiger charge is -2.31. The highest BCUT2D eigenvalue weighted by molar-refractivity contribution is 5.79. The first-order valence-electron chi connectivity index (χ1n) is 8.01. The minimum absolute atomic E-state index is 0.00463. The van der Waals surface area contributed by atoms with Gasteiger partial charge >= 0.3 is 0 Å². The monoisotopic (exact) mass is 311 g/mol. The van der Waals surface area contributed by atoms with E-state index in [0.29, 0.717) is 19.0 Å². The number of nitrogens with zero attached hydrogens (tertiary/aromatic N) is 4. The van der Waals surface area contributed by atoms with Crippen molar-refractivity contribution in [2.45, 2.75) is 19.3 Å². The lowest BCUT2D eigenvalue weighted by molar-refractivity contribution is -0.125. The maximum absolute atomic E-state index is 12.4. The van der Waals surface area contributed by atoms with Crippen molar-refractivity contribution in [2.75, 3.05) is 24.5 Å². The Morgan fingerprint density at radius 2 is 2.00 bits per heavy atom. The molecule has 6 heteroatoms. The van der Waals surface area contributed by atoms with Crippen LogP contribution in [0.25, 0.3) is 0 Å². The molecule has 0 bridgehead atoms. The Morgan fingerprint density at radius 3 is 2.78 bits per heavy atom. The fourth-order valence-corrected chi connectivity index (χ4v) is 2.85. The minimum Gasteiger partial charge on any atom is -0.355 e. The number of aromatic nitrogens is 3. The molecular weight excluding hydrogens is 290 g/mol. The van der Waals surface area contributed by atoms with Crippen molar-refractivity contribution >= 4 is 11.9 Å². The third-order valence-corrected chi connectivity index (χ3v) is 4.09. The molecule has 120 valence electrons. The summed E-state index contributed by atoms with van der Waals surface area (Å²) in [4.78, 5) is 27.0. The molecule has 23 heavy (non-hydrogen) atoms. The minimum atomic E-state index is 0.00463. The van der Waals surface area contributed by atoms with Gasteiger partial charge in [0.05, 0.1) is 5.92 Å². The smallest absolute Gasteiger partial charge is 0.225 e. The molecule has 3 heterocycles. The predicted molar refractivity (Wildman–Crippen MR) is 87.9 cm³/mol. The number of carbonyl (C=O) groups excluding carboxylic acids is 1. The van der Waals surface area contributed by atoms with E-state index in [-0.39, 0.29) is 11.8 Å². The molecule has 2 aromatic heterocycles. The highest BCUT2D eigenvalue weighted by Crippen LogP contribution is 2.20. The van der Waals surface area contributed by atoms with Gasteiger partial charge in [-0.05, 0) is 43.0 Å². The summed E-state index contributed by atoms with van der Waals surface area (Å²) in [5.41, 5.74) is 1.18. The molecule has 2 aromatic rings. The molecule has 0 spiro atoms. The van der Waals surface area contributed by atoms with Gasteiger partial charge in [-0.15, -0.1) is 0 Å². The van der Waals surface area contributed by atoms with Crippen LogP contribution in [0.1, 0.15) is 18.4 Å². The van der Waals surface area contributed by atoms with E-state index in [1.807, 2.05) is 12.1 Å². The zero-order valence-electron chi connectivity index (χ0n) is 13.1. The van der Waals surface area contributed by atoms with Gasteiger partial charge in [0.25, 0.3) is 0 Å². The molecule has 1 aliphatic heterocycles. The van der Waals surface area contributed by atoms with Crippen molar-refractivity contribution in [1.82, 2.24) is 20.3 Å². The fraction of sp³-hybridized carbons (Fsp3) is 0.412. The van der Waals surface area contributed by atoms with Gasteiger partial charge in [-0.3, -0.25) is 9.78 Å². The molecular formula is C17H21N5O. The summed E-state index contributed by atoms with van der Waals surface area (Å²) < 4.78 is 0. The van der Waals surface area contributed by atoms with Crippen molar-refractivity contribution in [3.63, 3.8) is 0 Å². The Bertz CT molecular complexity index is 619. The number of hydrogen-bond acceptors (Lipinski definition) is 5. The van der Waals surface area contributed by atoms with Crippen LogP contribution >= 0.6 is 0 Å². The Morgan fingerprint density at radius 1 is 1.22 bits per heavy atom. The highest BCUT2D eigenvalue weighted by Gasteiger charge is 2.26. The average molecular weight is 311 g/mol. The summed E-state index contributed by atoms with van der Waals surface area (Å²) in [7, 11) is 0. The van der Waals surface area contributed by atoms with Crippen LogP contribution in [-0.4, -0.2) is 40.5 Å². The van der Waals surface area contributed by atoms with Gasteiger partial charge < -0.3 is 10.2 Å². The van der Waals surface area contributed by atoms with Crippen molar-refractivity contribution in [3.8, 4) is 0 Å². The summed E-state index contributed by atoms with van der Waals surface area (Å²) in [5.74, 6) is 0.839. The predicted octanol–water partition coefficient (Wildman–Crippen LogP) is 1.45. The topological polar surface area (TPSA) is 71.0 Å². The lowest BCUT2D eigenvalue weighted by Crippen LogP contribution is -2.44. The van der Waals surface area contributed by atoms with Gasteiger partial charge in [0.1, 0.15) is 0 Å². The third kappa shape index (κ3) is 4.25. The van der Waals surface area contributed by atoms with E-state index in [0.717, 1.165) is 25.8 Å². The van der Waals surface area contributed by atoms with Gasteiger partial charge in [0, 0.05) is 44.4 Å². The van der Waals surface area contributed by atoms with E-state index in [4.69, 9.17) is 0 Å². The zero-order valence-corrected chi connectivity index (χ0v) is 13.1. The Labute approximate surface area is 136 Å². The summed E-state index contributed by atoms with van der Waals surface area (Å²) >= 11 is 0. The summed E-state index contributed by atoms with van der Waals surface area (Å²) in [5, 5.41) is 3.05. The maximum atomic E-state index is 12.4. The van der Waals surface area contributed by atoms with E-state index in [2.05, 4.69) is 25.2 Å². The quantitative estimate of drug-likeness (QED) is 0.905. The molecule has 1 atom stereocenters. The third-order valence-electron chi connectivity index (χ3n) is 4.09. The van der Waals surface area contributed by atoms with Crippen LogP contribution in [0.2, 0.25) is 0 Å².